The van der Waals surface area contributed by atoms with Gasteiger partial charge in [-0.3, -0.25) is 4.79 Å². The SMILES string of the molecule is Cc1ccc(OCC2CN(C(=O)c3ccccc3Cl)CCO2)cc1. The highest BCUT2D eigenvalue weighted by Gasteiger charge is 2.26. The molecule has 5 heteroatoms. The fraction of sp³-hybridized carbons (Fsp3) is 0.316. The summed E-state index contributed by atoms with van der Waals surface area (Å²) in [5.74, 6) is 0.739. The number of aryl methyl sites for hydroxylation is 1. The highest BCUT2D eigenvalue weighted by molar-refractivity contribution is 6.33. The molecule has 1 unspecified atom stereocenters. The zero-order valence-electron chi connectivity index (χ0n) is 13.6. The van der Waals surface area contributed by atoms with Crippen LogP contribution in [0.15, 0.2) is 48.5 Å². The van der Waals surface area contributed by atoms with Crippen molar-refractivity contribution < 1.29 is 14.3 Å². The van der Waals surface area contributed by atoms with Gasteiger partial charge in [0, 0.05) is 6.54 Å². The number of nitrogens with zero attached hydrogens (tertiary/aromatic N) is 1. The molecule has 1 amide bonds. The standard InChI is InChI=1S/C19H20ClNO3/c1-14-6-8-15(9-7-14)24-13-16-12-21(10-11-23-16)19(22)17-4-2-3-5-18(17)20/h2-9,16H,10-13H2,1H3. The predicted octanol–water partition coefficient (Wildman–Crippen LogP) is 3.57. The Bertz CT molecular complexity index is 702. The number of morpholine rings is 1. The van der Waals surface area contributed by atoms with Crippen LogP contribution in [0, 0.1) is 6.92 Å². The molecular formula is C19H20ClNO3. The van der Waals surface area contributed by atoms with E-state index >= 15 is 0 Å². The molecule has 1 aliphatic rings. The van der Waals surface area contributed by atoms with Gasteiger partial charge in [-0.15, -0.1) is 0 Å². The molecule has 1 saturated heterocycles. The molecule has 1 atom stereocenters. The van der Waals surface area contributed by atoms with Gasteiger partial charge in [-0.25, -0.2) is 0 Å². The monoisotopic (exact) mass is 345 g/mol. The number of rotatable bonds is 4. The van der Waals surface area contributed by atoms with Gasteiger partial charge in [0.1, 0.15) is 18.5 Å². The Hall–Kier alpha value is -2.04. The van der Waals surface area contributed by atoms with Crippen LogP contribution in [0.4, 0.5) is 0 Å². The fourth-order valence-electron chi connectivity index (χ4n) is 2.63. The van der Waals surface area contributed by atoms with Crippen molar-refractivity contribution in [1.29, 1.82) is 0 Å². The summed E-state index contributed by atoms with van der Waals surface area (Å²) < 4.78 is 11.5. The maximum Gasteiger partial charge on any atom is 0.255 e. The molecule has 3 rings (SSSR count). The predicted molar refractivity (Wildman–Crippen MR) is 93.8 cm³/mol. The quantitative estimate of drug-likeness (QED) is 0.850. The summed E-state index contributed by atoms with van der Waals surface area (Å²) in [7, 11) is 0. The molecular weight excluding hydrogens is 326 g/mol. The summed E-state index contributed by atoms with van der Waals surface area (Å²) in [5.41, 5.74) is 1.71. The fourth-order valence-corrected chi connectivity index (χ4v) is 2.85. The third-order valence-electron chi connectivity index (χ3n) is 3.99. The lowest BCUT2D eigenvalue weighted by Crippen LogP contribution is -2.47. The van der Waals surface area contributed by atoms with Crippen molar-refractivity contribution in [3.63, 3.8) is 0 Å². The van der Waals surface area contributed by atoms with Gasteiger partial charge in [-0.2, -0.15) is 0 Å². The largest absolute Gasteiger partial charge is 0.491 e. The second-order valence-electron chi connectivity index (χ2n) is 5.85. The minimum atomic E-state index is -0.147. The van der Waals surface area contributed by atoms with Gasteiger partial charge in [0.25, 0.3) is 5.91 Å². The highest BCUT2D eigenvalue weighted by Crippen LogP contribution is 2.19. The van der Waals surface area contributed by atoms with Gasteiger partial charge >= 0.3 is 0 Å². The number of hydrogen-bond donors (Lipinski definition) is 0. The summed E-state index contributed by atoms with van der Waals surface area (Å²) >= 11 is 6.13. The van der Waals surface area contributed by atoms with Crippen molar-refractivity contribution in [1.82, 2.24) is 4.90 Å². The first-order valence-corrected chi connectivity index (χ1v) is 8.36. The van der Waals surface area contributed by atoms with Gasteiger partial charge in [-0.1, -0.05) is 41.4 Å². The molecule has 0 bridgehead atoms. The van der Waals surface area contributed by atoms with Gasteiger partial charge in [-0.05, 0) is 31.2 Å². The average Bonchev–Trinajstić information content (AvgIpc) is 2.61. The molecule has 24 heavy (non-hydrogen) atoms. The van der Waals surface area contributed by atoms with E-state index in [0.29, 0.717) is 36.9 Å². The average molecular weight is 346 g/mol. The Morgan fingerprint density at radius 3 is 2.75 bits per heavy atom. The van der Waals surface area contributed by atoms with Crippen molar-refractivity contribution in [2.24, 2.45) is 0 Å². The summed E-state index contributed by atoms with van der Waals surface area (Å²) in [6.45, 7) is 4.00. The van der Waals surface area contributed by atoms with E-state index in [1.165, 1.54) is 5.56 Å². The Balaban J connectivity index is 1.59. The van der Waals surface area contributed by atoms with Crippen LogP contribution >= 0.6 is 11.6 Å². The van der Waals surface area contributed by atoms with E-state index < -0.39 is 0 Å². The van der Waals surface area contributed by atoms with E-state index in [9.17, 15) is 4.79 Å². The van der Waals surface area contributed by atoms with Crippen LogP contribution in [0.25, 0.3) is 0 Å². The van der Waals surface area contributed by atoms with Crippen LogP contribution in [0.3, 0.4) is 0 Å². The molecule has 0 saturated carbocycles. The van der Waals surface area contributed by atoms with Gasteiger partial charge in [0.15, 0.2) is 0 Å². The van der Waals surface area contributed by atoms with Crippen LogP contribution in [0.1, 0.15) is 15.9 Å². The number of ether oxygens (including phenoxy) is 2. The van der Waals surface area contributed by atoms with Crippen molar-refractivity contribution in [3.05, 3.63) is 64.7 Å². The van der Waals surface area contributed by atoms with Crippen LogP contribution in [-0.2, 0) is 4.74 Å². The van der Waals surface area contributed by atoms with Gasteiger partial charge < -0.3 is 14.4 Å². The summed E-state index contributed by atoms with van der Waals surface area (Å²) in [4.78, 5) is 14.4. The molecule has 1 aliphatic heterocycles. The second kappa shape index (κ2) is 7.69. The topological polar surface area (TPSA) is 38.8 Å². The van der Waals surface area contributed by atoms with Crippen molar-refractivity contribution in [2.75, 3.05) is 26.3 Å². The Morgan fingerprint density at radius 2 is 2.00 bits per heavy atom. The Morgan fingerprint density at radius 1 is 1.25 bits per heavy atom. The first-order valence-electron chi connectivity index (χ1n) is 7.98. The molecule has 0 aliphatic carbocycles. The van der Waals surface area contributed by atoms with Crippen LogP contribution < -0.4 is 4.74 Å². The number of amides is 1. The summed E-state index contributed by atoms with van der Waals surface area (Å²) in [6.07, 6.45) is -0.147. The molecule has 0 aromatic heterocycles. The first kappa shape index (κ1) is 16.8. The molecule has 4 nitrogen and oxygen atoms in total. The van der Waals surface area contributed by atoms with E-state index in [4.69, 9.17) is 21.1 Å². The van der Waals surface area contributed by atoms with E-state index in [1.54, 1.807) is 17.0 Å². The van der Waals surface area contributed by atoms with Gasteiger partial charge in [0.2, 0.25) is 0 Å². The molecule has 1 heterocycles. The number of benzene rings is 2. The zero-order valence-corrected chi connectivity index (χ0v) is 14.3. The minimum Gasteiger partial charge on any atom is -0.491 e. The first-order chi connectivity index (χ1) is 11.6. The van der Waals surface area contributed by atoms with E-state index in [0.717, 1.165) is 5.75 Å². The maximum atomic E-state index is 12.6. The zero-order chi connectivity index (χ0) is 16.9. The number of hydrogen-bond acceptors (Lipinski definition) is 3. The third-order valence-corrected chi connectivity index (χ3v) is 4.32. The van der Waals surface area contributed by atoms with Crippen molar-refractivity contribution in [3.8, 4) is 5.75 Å². The smallest absolute Gasteiger partial charge is 0.255 e. The maximum absolute atomic E-state index is 12.6. The molecule has 1 fully saturated rings. The van der Waals surface area contributed by atoms with Crippen molar-refractivity contribution in [2.45, 2.75) is 13.0 Å². The molecule has 0 radical (unpaired) electrons. The normalized spacial score (nSPS) is 17.6. The van der Waals surface area contributed by atoms with E-state index in [2.05, 4.69) is 0 Å². The molecule has 0 N–H and O–H groups in total. The lowest BCUT2D eigenvalue weighted by atomic mass is 10.1. The van der Waals surface area contributed by atoms with Gasteiger partial charge in [0.05, 0.1) is 23.7 Å². The summed E-state index contributed by atoms with van der Waals surface area (Å²) in [5, 5.41) is 0.474. The van der Waals surface area contributed by atoms with Crippen LogP contribution in [-0.4, -0.2) is 43.2 Å². The third kappa shape index (κ3) is 4.08. The molecule has 2 aromatic carbocycles. The number of halogens is 1. The number of carbonyl (C=O) groups is 1. The van der Waals surface area contributed by atoms with E-state index in [-0.39, 0.29) is 12.0 Å². The lowest BCUT2D eigenvalue weighted by Gasteiger charge is -2.33. The number of carbonyl (C=O) groups excluding carboxylic acids is 1. The molecule has 0 spiro atoms. The Labute approximate surface area is 146 Å². The van der Waals surface area contributed by atoms with Crippen LogP contribution in [0.5, 0.6) is 5.75 Å². The van der Waals surface area contributed by atoms with Crippen molar-refractivity contribution >= 4 is 17.5 Å². The molecule has 2 aromatic rings. The lowest BCUT2D eigenvalue weighted by molar-refractivity contribution is -0.0401. The molecule has 126 valence electrons. The summed E-state index contributed by atoms with van der Waals surface area (Å²) in [6, 6.07) is 15.0. The highest BCUT2D eigenvalue weighted by atomic mass is 35.5. The second-order valence-corrected chi connectivity index (χ2v) is 6.26. The Kier molecular flexibility index (Phi) is 5.38. The van der Waals surface area contributed by atoms with Crippen LogP contribution in [0.2, 0.25) is 5.02 Å². The van der Waals surface area contributed by atoms with E-state index in [1.807, 2.05) is 43.3 Å². The minimum absolute atomic E-state index is 0.0655.